The third-order valence-electron chi connectivity index (χ3n) is 3.74. The molecule has 1 N–H and O–H groups in total. The predicted octanol–water partition coefficient (Wildman–Crippen LogP) is 1.11. The second kappa shape index (κ2) is 5.67. The van der Waals surface area contributed by atoms with Crippen molar-refractivity contribution >= 4 is 9.84 Å². The summed E-state index contributed by atoms with van der Waals surface area (Å²) in [6.07, 6.45) is 5.36. The average molecular weight is 261 g/mol. The molecule has 0 bridgehead atoms. The van der Waals surface area contributed by atoms with Crippen LogP contribution in [-0.4, -0.2) is 44.7 Å². The van der Waals surface area contributed by atoms with Crippen molar-refractivity contribution in [3.05, 3.63) is 0 Å². The van der Waals surface area contributed by atoms with Crippen molar-refractivity contribution in [1.82, 2.24) is 5.32 Å². The van der Waals surface area contributed by atoms with Crippen LogP contribution in [-0.2, 0) is 14.6 Å². The van der Waals surface area contributed by atoms with E-state index >= 15 is 0 Å². The van der Waals surface area contributed by atoms with E-state index in [9.17, 15) is 8.42 Å². The molecular weight excluding hydrogens is 238 g/mol. The van der Waals surface area contributed by atoms with Crippen LogP contribution in [0.1, 0.15) is 39.0 Å². The van der Waals surface area contributed by atoms with Gasteiger partial charge in [0.15, 0.2) is 9.84 Å². The van der Waals surface area contributed by atoms with Crippen LogP contribution in [0.15, 0.2) is 0 Å². The Morgan fingerprint density at radius 1 is 1.12 bits per heavy atom. The van der Waals surface area contributed by atoms with Crippen molar-refractivity contribution in [2.45, 2.75) is 57.3 Å². The lowest BCUT2D eigenvalue weighted by molar-refractivity contribution is -0.0210. The summed E-state index contributed by atoms with van der Waals surface area (Å²) in [7, 11) is -2.80. The molecule has 0 amide bonds. The van der Waals surface area contributed by atoms with Crippen LogP contribution in [0.25, 0.3) is 0 Å². The minimum atomic E-state index is -2.80. The first-order chi connectivity index (χ1) is 8.09. The van der Waals surface area contributed by atoms with Crippen molar-refractivity contribution in [2.24, 2.45) is 0 Å². The first-order valence-corrected chi connectivity index (χ1v) is 8.50. The van der Waals surface area contributed by atoms with Gasteiger partial charge in [0.1, 0.15) is 0 Å². The second-order valence-electron chi connectivity index (χ2n) is 5.19. The van der Waals surface area contributed by atoms with Gasteiger partial charge in [0.05, 0.1) is 23.7 Å². The van der Waals surface area contributed by atoms with Gasteiger partial charge in [-0.15, -0.1) is 0 Å². The van der Waals surface area contributed by atoms with Crippen LogP contribution in [0.4, 0.5) is 0 Å². The van der Waals surface area contributed by atoms with E-state index in [4.69, 9.17) is 4.74 Å². The summed E-state index contributed by atoms with van der Waals surface area (Å²) < 4.78 is 28.6. The highest BCUT2D eigenvalue weighted by atomic mass is 32.2. The summed E-state index contributed by atoms with van der Waals surface area (Å²) in [6, 6.07) is 0.632. The number of rotatable bonds is 4. The second-order valence-corrected chi connectivity index (χ2v) is 7.42. The van der Waals surface area contributed by atoms with Crippen LogP contribution < -0.4 is 5.32 Å². The fourth-order valence-electron chi connectivity index (χ4n) is 2.83. The standard InChI is InChI=1S/C12H23NO3S/c1-2-13-10-3-5-11(6-4-10)16-12-7-8-17(14,15)9-12/h10-13H,2-9H2,1H3. The largest absolute Gasteiger partial charge is 0.374 e. The maximum atomic E-state index is 11.3. The van der Waals surface area contributed by atoms with E-state index in [-0.39, 0.29) is 18.0 Å². The van der Waals surface area contributed by atoms with Crippen molar-refractivity contribution in [2.75, 3.05) is 18.1 Å². The van der Waals surface area contributed by atoms with Gasteiger partial charge in [-0.1, -0.05) is 6.92 Å². The molecular formula is C12H23NO3S. The molecule has 1 atom stereocenters. The number of sulfone groups is 1. The van der Waals surface area contributed by atoms with Crippen LogP contribution in [0, 0.1) is 0 Å². The van der Waals surface area contributed by atoms with Crippen molar-refractivity contribution in [1.29, 1.82) is 0 Å². The van der Waals surface area contributed by atoms with E-state index in [1.165, 1.54) is 0 Å². The lowest BCUT2D eigenvalue weighted by atomic mass is 9.93. The Morgan fingerprint density at radius 3 is 2.35 bits per heavy atom. The maximum Gasteiger partial charge on any atom is 0.152 e. The van der Waals surface area contributed by atoms with Crippen molar-refractivity contribution in [3.8, 4) is 0 Å². The molecule has 1 saturated heterocycles. The van der Waals surface area contributed by atoms with Crippen LogP contribution in [0.5, 0.6) is 0 Å². The highest BCUT2D eigenvalue weighted by Crippen LogP contribution is 2.25. The third-order valence-corrected chi connectivity index (χ3v) is 5.48. The maximum absolute atomic E-state index is 11.3. The fourth-order valence-corrected chi connectivity index (χ4v) is 4.43. The van der Waals surface area contributed by atoms with Gasteiger partial charge < -0.3 is 10.1 Å². The molecule has 100 valence electrons. The Hall–Kier alpha value is -0.130. The quantitative estimate of drug-likeness (QED) is 0.823. The van der Waals surface area contributed by atoms with Crippen LogP contribution >= 0.6 is 0 Å². The number of hydrogen-bond donors (Lipinski definition) is 1. The average Bonchev–Trinajstić information content (AvgIpc) is 2.61. The van der Waals surface area contributed by atoms with E-state index < -0.39 is 9.84 Å². The molecule has 0 spiro atoms. The third kappa shape index (κ3) is 3.93. The highest BCUT2D eigenvalue weighted by molar-refractivity contribution is 7.91. The molecule has 1 aliphatic carbocycles. The normalized spacial score (nSPS) is 37.1. The Bertz CT molecular complexity index is 334. The van der Waals surface area contributed by atoms with E-state index in [0.29, 0.717) is 18.2 Å². The van der Waals surface area contributed by atoms with E-state index in [2.05, 4.69) is 12.2 Å². The minimum absolute atomic E-state index is 0.0410. The van der Waals surface area contributed by atoms with E-state index in [0.717, 1.165) is 32.2 Å². The number of hydrogen-bond acceptors (Lipinski definition) is 4. The molecule has 2 fully saturated rings. The summed E-state index contributed by atoms with van der Waals surface area (Å²) >= 11 is 0. The van der Waals surface area contributed by atoms with Crippen LogP contribution in [0.3, 0.4) is 0 Å². The minimum Gasteiger partial charge on any atom is -0.374 e. The Labute approximate surface area is 104 Å². The van der Waals surface area contributed by atoms with Crippen LogP contribution in [0.2, 0.25) is 0 Å². The first-order valence-electron chi connectivity index (χ1n) is 6.68. The molecule has 0 aromatic rings. The molecule has 1 heterocycles. The van der Waals surface area contributed by atoms with Gasteiger partial charge in [-0.05, 0) is 38.6 Å². The van der Waals surface area contributed by atoms with Gasteiger partial charge >= 0.3 is 0 Å². The number of ether oxygens (including phenoxy) is 1. The molecule has 1 unspecified atom stereocenters. The Morgan fingerprint density at radius 2 is 1.82 bits per heavy atom. The zero-order valence-electron chi connectivity index (χ0n) is 10.5. The van der Waals surface area contributed by atoms with Crippen molar-refractivity contribution < 1.29 is 13.2 Å². The van der Waals surface area contributed by atoms with Gasteiger partial charge in [-0.25, -0.2) is 8.42 Å². The molecule has 0 radical (unpaired) electrons. The molecule has 17 heavy (non-hydrogen) atoms. The predicted molar refractivity (Wildman–Crippen MR) is 67.9 cm³/mol. The smallest absolute Gasteiger partial charge is 0.152 e. The summed E-state index contributed by atoms with van der Waals surface area (Å²) in [6.45, 7) is 3.16. The molecule has 4 nitrogen and oxygen atoms in total. The molecule has 1 saturated carbocycles. The summed E-state index contributed by atoms with van der Waals surface area (Å²) in [5, 5.41) is 3.46. The highest BCUT2D eigenvalue weighted by Gasteiger charge is 2.31. The zero-order valence-corrected chi connectivity index (χ0v) is 11.3. The summed E-state index contributed by atoms with van der Waals surface area (Å²) in [4.78, 5) is 0. The fraction of sp³-hybridized carbons (Fsp3) is 1.00. The monoisotopic (exact) mass is 261 g/mol. The van der Waals surface area contributed by atoms with Gasteiger partial charge in [0, 0.05) is 6.04 Å². The Kier molecular flexibility index (Phi) is 4.44. The lowest BCUT2D eigenvalue weighted by Gasteiger charge is -2.30. The molecule has 1 aliphatic heterocycles. The molecule has 2 rings (SSSR count). The van der Waals surface area contributed by atoms with Gasteiger partial charge in [-0.2, -0.15) is 0 Å². The van der Waals surface area contributed by atoms with Gasteiger partial charge in [0.2, 0.25) is 0 Å². The molecule has 0 aromatic carbocycles. The first kappa shape index (κ1) is 13.3. The molecule has 2 aliphatic rings. The molecule has 0 aromatic heterocycles. The van der Waals surface area contributed by atoms with Gasteiger partial charge in [0.25, 0.3) is 0 Å². The topological polar surface area (TPSA) is 55.4 Å². The molecule has 5 heteroatoms. The summed E-state index contributed by atoms with van der Waals surface area (Å²) in [5.41, 5.74) is 0. The van der Waals surface area contributed by atoms with Gasteiger partial charge in [-0.3, -0.25) is 0 Å². The lowest BCUT2D eigenvalue weighted by Crippen LogP contribution is -2.36. The van der Waals surface area contributed by atoms with E-state index in [1.54, 1.807) is 0 Å². The summed E-state index contributed by atoms with van der Waals surface area (Å²) in [5.74, 6) is 0.546. The van der Waals surface area contributed by atoms with E-state index in [1.807, 2.05) is 0 Å². The van der Waals surface area contributed by atoms with Crippen molar-refractivity contribution in [3.63, 3.8) is 0 Å². The zero-order chi connectivity index (χ0) is 12.3. The Balaban J connectivity index is 1.72. The SMILES string of the molecule is CCNC1CCC(OC2CCS(=O)(=O)C2)CC1. The number of nitrogens with one attached hydrogen (secondary N) is 1.